The number of carboxylic acid groups (broad SMARTS) is 2. The van der Waals surface area contributed by atoms with E-state index in [2.05, 4.69) is 6.58 Å². The van der Waals surface area contributed by atoms with E-state index in [0.717, 1.165) is 0 Å². The number of carboxylic acids is 2. The molecule has 0 unspecified atom stereocenters. The first-order valence-electron chi connectivity index (χ1n) is 5.60. The van der Waals surface area contributed by atoms with E-state index in [1.54, 1.807) is 20.8 Å². The minimum atomic E-state index is -2.40. The number of amides is 1. The van der Waals surface area contributed by atoms with Crippen LogP contribution < -0.4 is 5.32 Å². The van der Waals surface area contributed by atoms with Crippen molar-refractivity contribution >= 4 is 18.3 Å². The molecule has 0 aromatic carbocycles. The molecule has 0 heterocycles. The maximum absolute atomic E-state index is 11.5. The fraction of sp³-hybridized carbons (Fsp3) is 0.583. The van der Waals surface area contributed by atoms with Crippen molar-refractivity contribution in [2.75, 3.05) is 0 Å². The molecule has 102 valence electrons. The van der Waals surface area contributed by atoms with Crippen molar-refractivity contribution in [3.63, 3.8) is 0 Å². The third kappa shape index (κ3) is 1.98. The van der Waals surface area contributed by atoms with Gasteiger partial charge in [0.25, 0.3) is 0 Å². The van der Waals surface area contributed by atoms with Gasteiger partial charge < -0.3 is 15.5 Å². The highest BCUT2D eigenvalue weighted by Gasteiger charge is 2.61. The molecule has 0 atom stereocenters. The lowest BCUT2D eigenvalue weighted by Gasteiger charge is -2.44. The number of aliphatic carboxylic acids is 2. The Morgan fingerprint density at radius 2 is 1.61 bits per heavy atom. The topological polar surface area (TPSA) is 104 Å². The van der Waals surface area contributed by atoms with Crippen LogP contribution in [0, 0.1) is 5.41 Å². The summed E-state index contributed by atoms with van der Waals surface area (Å²) in [5.74, 6) is -3.21. The standard InChI is InChI=1S/C12H19NO5/c1-5-11(6-2,8(3)4)12(9(15)16,10(17)18)13-7-14/h7H,3,5-6H2,1-2,4H3,(H,13,14)(H,15,16)(H,17,18). The molecule has 0 rings (SSSR count). The number of hydrogen-bond acceptors (Lipinski definition) is 3. The van der Waals surface area contributed by atoms with Gasteiger partial charge in [0.15, 0.2) is 0 Å². The Balaban J connectivity index is 6.26. The molecule has 0 saturated carbocycles. The molecule has 0 aliphatic carbocycles. The quantitative estimate of drug-likeness (QED) is 0.342. The normalized spacial score (nSPS) is 11.7. The highest BCUT2D eigenvalue weighted by Crippen LogP contribution is 2.44. The Morgan fingerprint density at radius 3 is 1.78 bits per heavy atom. The van der Waals surface area contributed by atoms with Crippen molar-refractivity contribution < 1.29 is 24.6 Å². The Labute approximate surface area is 106 Å². The molecule has 18 heavy (non-hydrogen) atoms. The lowest BCUT2D eigenvalue weighted by Crippen LogP contribution is -2.68. The Morgan fingerprint density at radius 1 is 1.22 bits per heavy atom. The van der Waals surface area contributed by atoms with Gasteiger partial charge in [-0.15, -0.1) is 0 Å². The molecule has 6 heteroatoms. The van der Waals surface area contributed by atoms with E-state index in [-0.39, 0.29) is 19.3 Å². The summed E-state index contributed by atoms with van der Waals surface area (Å²) in [4.78, 5) is 33.6. The average molecular weight is 257 g/mol. The van der Waals surface area contributed by atoms with Gasteiger partial charge in [-0.25, -0.2) is 9.59 Å². The number of rotatable bonds is 8. The molecule has 0 aromatic rings. The number of hydrogen-bond donors (Lipinski definition) is 3. The van der Waals surface area contributed by atoms with Gasteiger partial charge in [0.2, 0.25) is 11.9 Å². The summed E-state index contributed by atoms with van der Waals surface area (Å²) < 4.78 is 0. The summed E-state index contributed by atoms with van der Waals surface area (Å²) in [5.41, 5.74) is -3.23. The second kappa shape index (κ2) is 5.66. The van der Waals surface area contributed by atoms with Gasteiger partial charge in [-0.1, -0.05) is 26.0 Å². The lowest BCUT2D eigenvalue weighted by atomic mass is 9.62. The molecule has 0 aliphatic heterocycles. The number of carbonyl (C=O) groups is 3. The van der Waals surface area contributed by atoms with E-state index in [1.807, 2.05) is 5.32 Å². The van der Waals surface area contributed by atoms with Crippen molar-refractivity contribution in [1.82, 2.24) is 5.32 Å². The smallest absolute Gasteiger partial charge is 0.342 e. The maximum atomic E-state index is 11.5. The van der Waals surface area contributed by atoms with Crippen LogP contribution in [0.3, 0.4) is 0 Å². The van der Waals surface area contributed by atoms with Crippen molar-refractivity contribution in [3.05, 3.63) is 12.2 Å². The Kier molecular flexibility index (Phi) is 5.08. The van der Waals surface area contributed by atoms with Gasteiger partial charge in [-0.05, 0) is 19.8 Å². The van der Waals surface area contributed by atoms with Crippen LogP contribution in [0.25, 0.3) is 0 Å². The lowest BCUT2D eigenvalue weighted by molar-refractivity contribution is -0.167. The van der Waals surface area contributed by atoms with Crippen LogP contribution in [0.15, 0.2) is 12.2 Å². The average Bonchev–Trinajstić information content (AvgIpc) is 2.28. The molecular weight excluding hydrogens is 238 g/mol. The van der Waals surface area contributed by atoms with Crippen LogP contribution in [-0.2, 0) is 14.4 Å². The van der Waals surface area contributed by atoms with Gasteiger partial charge in [-0.2, -0.15) is 0 Å². The minimum absolute atomic E-state index is 0.102. The molecule has 0 aromatic heterocycles. The first-order chi connectivity index (χ1) is 8.26. The maximum Gasteiger partial charge on any atom is 0.342 e. The summed E-state index contributed by atoms with van der Waals surface area (Å²) in [6, 6.07) is 0. The number of nitrogens with one attached hydrogen (secondary N) is 1. The number of carbonyl (C=O) groups excluding carboxylic acids is 1. The molecule has 0 radical (unpaired) electrons. The zero-order chi connectivity index (χ0) is 14.6. The molecule has 1 amide bonds. The van der Waals surface area contributed by atoms with Crippen LogP contribution in [-0.4, -0.2) is 34.1 Å². The molecule has 3 N–H and O–H groups in total. The van der Waals surface area contributed by atoms with E-state index in [9.17, 15) is 24.6 Å². The van der Waals surface area contributed by atoms with Gasteiger partial charge in [0.05, 0.1) is 0 Å². The highest BCUT2D eigenvalue weighted by molar-refractivity contribution is 6.06. The SMILES string of the molecule is C=C(C)C(CC)(CC)C(NC=O)(C(=O)O)C(=O)O. The summed E-state index contributed by atoms with van der Waals surface area (Å²) in [7, 11) is 0. The summed E-state index contributed by atoms with van der Waals surface area (Å²) in [6.45, 7) is 8.61. The van der Waals surface area contributed by atoms with E-state index in [1.165, 1.54) is 0 Å². The van der Waals surface area contributed by atoms with Gasteiger partial charge >= 0.3 is 11.9 Å². The zero-order valence-corrected chi connectivity index (χ0v) is 10.8. The second-order valence-electron chi connectivity index (χ2n) is 4.19. The van der Waals surface area contributed by atoms with Crippen LogP contribution in [0.2, 0.25) is 0 Å². The van der Waals surface area contributed by atoms with Crippen molar-refractivity contribution in [1.29, 1.82) is 0 Å². The third-order valence-corrected chi connectivity index (χ3v) is 3.66. The van der Waals surface area contributed by atoms with Crippen LogP contribution in [0.1, 0.15) is 33.6 Å². The Bertz CT molecular complexity index is 357. The second-order valence-corrected chi connectivity index (χ2v) is 4.19. The van der Waals surface area contributed by atoms with E-state index >= 15 is 0 Å². The molecule has 0 aliphatic rings. The van der Waals surface area contributed by atoms with Crippen LogP contribution in [0.5, 0.6) is 0 Å². The van der Waals surface area contributed by atoms with Crippen molar-refractivity contribution in [3.8, 4) is 0 Å². The molecule has 0 fully saturated rings. The van der Waals surface area contributed by atoms with Crippen molar-refractivity contribution in [2.45, 2.75) is 39.2 Å². The predicted octanol–water partition coefficient (Wildman–Crippen LogP) is 1.02. The monoisotopic (exact) mass is 257 g/mol. The molecule has 6 nitrogen and oxygen atoms in total. The molecular formula is C12H19NO5. The van der Waals surface area contributed by atoms with Gasteiger partial charge in [0, 0.05) is 5.41 Å². The summed E-state index contributed by atoms with van der Waals surface area (Å²) >= 11 is 0. The van der Waals surface area contributed by atoms with Gasteiger partial charge in [0.1, 0.15) is 0 Å². The first kappa shape index (κ1) is 16.1. The molecule has 0 saturated heterocycles. The van der Waals surface area contributed by atoms with E-state index < -0.39 is 22.9 Å². The molecule has 0 bridgehead atoms. The van der Waals surface area contributed by atoms with Gasteiger partial charge in [-0.3, -0.25) is 4.79 Å². The van der Waals surface area contributed by atoms with E-state index in [0.29, 0.717) is 5.57 Å². The van der Waals surface area contributed by atoms with Crippen LogP contribution >= 0.6 is 0 Å². The summed E-state index contributed by atoms with van der Waals surface area (Å²) in [6.07, 6.45) is 0.571. The largest absolute Gasteiger partial charge is 0.479 e. The molecule has 0 spiro atoms. The minimum Gasteiger partial charge on any atom is -0.479 e. The third-order valence-electron chi connectivity index (χ3n) is 3.66. The zero-order valence-electron chi connectivity index (χ0n) is 10.8. The summed E-state index contributed by atoms with van der Waals surface area (Å²) in [5, 5.41) is 20.6. The van der Waals surface area contributed by atoms with Crippen molar-refractivity contribution in [2.24, 2.45) is 5.41 Å². The fourth-order valence-electron chi connectivity index (χ4n) is 2.55. The highest BCUT2D eigenvalue weighted by atomic mass is 16.4. The Hall–Kier alpha value is -1.85. The fourth-order valence-corrected chi connectivity index (χ4v) is 2.55. The predicted molar refractivity (Wildman–Crippen MR) is 65.0 cm³/mol. The van der Waals surface area contributed by atoms with Crippen LogP contribution in [0.4, 0.5) is 0 Å². The van der Waals surface area contributed by atoms with E-state index in [4.69, 9.17) is 0 Å². The first-order valence-corrected chi connectivity index (χ1v) is 5.60.